The third-order valence-electron chi connectivity index (χ3n) is 4.97. The molecule has 1 atom stereocenters. The zero-order valence-corrected chi connectivity index (χ0v) is 18.1. The molecule has 2 amide bonds. The average Bonchev–Trinajstić information content (AvgIpc) is 3.14. The van der Waals surface area contributed by atoms with Crippen LogP contribution in [0.2, 0.25) is 0 Å². The molecular weight excluding hydrogens is 394 g/mol. The molecule has 1 aliphatic rings. The number of aryl methyl sites for hydroxylation is 2. The first-order valence-electron chi connectivity index (χ1n) is 9.41. The van der Waals surface area contributed by atoms with Crippen molar-refractivity contribution >= 4 is 27.4 Å². The molecule has 3 rings (SSSR count). The molecule has 2 aromatic rings. The van der Waals surface area contributed by atoms with Gasteiger partial charge in [-0.1, -0.05) is 17.7 Å². The van der Waals surface area contributed by atoms with Crippen LogP contribution in [0.3, 0.4) is 0 Å². The predicted molar refractivity (Wildman–Crippen MR) is 112 cm³/mol. The summed E-state index contributed by atoms with van der Waals surface area (Å²) in [5.74, 6) is 0. The Hall–Kier alpha value is -1.90. The Morgan fingerprint density at radius 2 is 1.89 bits per heavy atom. The molecule has 8 heteroatoms. The molecule has 1 fully saturated rings. The smallest absolute Gasteiger partial charge is 0.317 e. The summed E-state index contributed by atoms with van der Waals surface area (Å²) >= 11 is 1.65. The maximum Gasteiger partial charge on any atom is 0.317 e. The van der Waals surface area contributed by atoms with E-state index in [1.54, 1.807) is 22.3 Å². The van der Waals surface area contributed by atoms with Gasteiger partial charge in [-0.2, -0.15) is 15.6 Å². The number of rotatable bonds is 5. The quantitative estimate of drug-likeness (QED) is 0.807. The van der Waals surface area contributed by atoms with Crippen molar-refractivity contribution in [1.82, 2.24) is 14.5 Å². The highest BCUT2D eigenvalue weighted by Gasteiger charge is 2.31. The Kier molecular flexibility index (Phi) is 6.42. The van der Waals surface area contributed by atoms with Crippen LogP contribution in [-0.2, 0) is 16.4 Å². The molecule has 1 aliphatic heterocycles. The van der Waals surface area contributed by atoms with Gasteiger partial charge in [0.1, 0.15) is 0 Å². The van der Waals surface area contributed by atoms with Crippen LogP contribution in [0.15, 0.2) is 39.9 Å². The first-order valence-corrected chi connectivity index (χ1v) is 11.8. The molecule has 1 aromatic heterocycles. The van der Waals surface area contributed by atoms with E-state index < -0.39 is 10.0 Å². The van der Waals surface area contributed by atoms with Crippen molar-refractivity contribution in [2.75, 3.05) is 26.2 Å². The van der Waals surface area contributed by atoms with Crippen molar-refractivity contribution in [2.24, 2.45) is 0 Å². The lowest BCUT2D eigenvalue weighted by atomic mass is 10.1. The molecule has 1 aromatic carbocycles. The Bertz CT molecular complexity index is 918. The van der Waals surface area contributed by atoms with E-state index in [4.69, 9.17) is 0 Å². The van der Waals surface area contributed by atoms with Gasteiger partial charge in [-0.15, -0.1) is 0 Å². The first kappa shape index (κ1) is 20.8. The van der Waals surface area contributed by atoms with Gasteiger partial charge in [-0.05, 0) is 61.2 Å². The molecule has 0 aliphatic carbocycles. The second kappa shape index (κ2) is 8.63. The third kappa shape index (κ3) is 4.74. The molecule has 1 saturated heterocycles. The van der Waals surface area contributed by atoms with Crippen LogP contribution < -0.4 is 5.32 Å². The van der Waals surface area contributed by atoms with Crippen LogP contribution in [-0.4, -0.2) is 55.9 Å². The van der Waals surface area contributed by atoms with E-state index in [1.165, 1.54) is 9.87 Å². The summed E-state index contributed by atoms with van der Waals surface area (Å²) in [6.07, 6.45) is 0.788. The van der Waals surface area contributed by atoms with Gasteiger partial charge in [0, 0.05) is 32.2 Å². The van der Waals surface area contributed by atoms with Gasteiger partial charge in [0.15, 0.2) is 0 Å². The minimum Gasteiger partial charge on any atom is -0.335 e. The molecule has 6 nitrogen and oxygen atoms in total. The van der Waals surface area contributed by atoms with Crippen molar-refractivity contribution in [3.63, 3.8) is 0 Å². The SMILES string of the molecule is Cc1ccc(S(=O)(=O)N2CCN(C(=O)NC(C)Cc3ccsc3)CC2)c(C)c1. The van der Waals surface area contributed by atoms with Gasteiger partial charge in [0.25, 0.3) is 0 Å². The number of nitrogens with one attached hydrogen (secondary N) is 1. The van der Waals surface area contributed by atoms with Crippen molar-refractivity contribution in [3.8, 4) is 0 Å². The lowest BCUT2D eigenvalue weighted by Gasteiger charge is -2.34. The second-order valence-electron chi connectivity index (χ2n) is 7.35. The normalized spacial score (nSPS) is 16.8. The number of thiophene rings is 1. The number of carbonyl (C=O) groups excluding carboxylic acids is 1. The second-order valence-corrected chi connectivity index (χ2v) is 10.0. The highest BCUT2D eigenvalue weighted by Crippen LogP contribution is 2.22. The minimum atomic E-state index is -3.54. The molecule has 1 N–H and O–H groups in total. The summed E-state index contributed by atoms with van der Waals surface area (Å²) in [5, 5.41) is 7.12. The average molecular weight is 422 g/mol. The number of nitrogens with zero attached hydrogens (tertiary/aromatic N) is 2. The molecule has 0 saturated carbocycles. The number of sulfonamides is 1. The predicted octanol–water partition coefficient (Wildman–Crippen LogP) is 3.01. The lowest BCUT2D eigenvalue weighted by molar-refractivity contribution is 0.169. The Balaban J connectivity index is 1.56. The maximum atomic E-state index is 13.0. The molecular formula is C20H27N3O3S2. The summed E-state index contributed by atoms with van der Waals surface area (Å²) in [6, 6.07) is 7.32. The number of hydrogen-bond donors (Lipinski definition) is 1. The fraction of sp³-hybridized carbons (Fsp3) is 0.450. The van der Waals surface area contributed by atoms with Crippen LogP contribution in [0.4, 0.5) is 4.79 Å². The Morgan fingerprint density at radius 3 is 2.50 bits per heavy atom. The molecule has 0 radical (unpaired) electrons. The summed E-state index contributed by atoms with van der Waals surface area (Å²) in [6.45, 7) is 7.14. The highest BCUT2D eigenvalue weighted by molar-refractivity contribution is 7.89. The van der Waals surface area contributed by atoms with Crippen LogP contribution >= 0.6 is 11.3 Å². The van der Waals surface area contributed by atoms with E-state index in [1.807, 2.05) is 38.3 Å². The zero-order chi connectivity index (χ0) is 20.3. The third-order valence-corrected chi connectivity index (χ3v) is 7.76. The summed E-state index contributed by atoms with van der Waals surface area (Å²) in [4.78, 5) is 14.5. The van der Waals surface area contributed by atoms with E-state index in [-0.39, 0.29) is 12.1 Å². The summed E-state index contributed by atoms with van der Waals surface area (Å²) < 4.78 is 27.4. The largest absolute Gasteiger partial charge is 0.335 e. The Morgan fingerprint density at radius 1 is 1.18 bits per heavy atom. The number of piperazine rings is 1. The molecule has 2 heterocycles. The molecule has 152 valence electrons. The van der Waals surface area contributed by atoms with Crippen LogP contribution in [0, 0.1) is 13.8 Å². The van der Waals surface area contributed by atoms with E-state index in [0.717, 1.165) is 17.5 Å². The van der Waals surface area contributed by atoms with Gasteiger partial charge in [-0.3, -0.25) is 0 Å². The molecule has 1 unspecified atom stereocenters. The monoisotopic (exact) mass is 421 g/mol. The van der Waals surface area contributed by atoms with E-state index >= 15 is 0 Å². The van der Waals surface area contributed by atoms with E-state index in [2.05, 4.69) is 16.8 Å². The fourth-order valence-electron chi connectivity index (χ4n) is 3.47. The summed E-state index contributed by atoms with van der Waals surface area (Å²) in [5.41, 5.74) is 3.00. The van der Waals surface area contributed by atoms with E-state index in [0.29, 0.717) is 31.1 Å². The standard InChI is InChI=1S/C20H27N3O3S2/c1-15-4-5-19(16(2)12-15)28(25,26)23-9-7-22(8-10-23)20(24)21-17(3)13-18-6-11-27-14-18/h4-6,11-12,14,17H,7-10,13H2,1-3H3,(H,21,24). The van der Waals surface area contributed by atoms with Gasteiger partial charge >= 0.3 is 6.03 Å². The van der Waals surface area contributed by atoms with Gasteiger partial charge in [-0.25, -0.2) is 13.2 Å². The van der Waals surface area contributed by atoms with Gasteiger partial charge in [0.2, 0.25) is 10.0 Å². The van der Waals surface area contributed by atoms with Crippen LogP contribution in [0.5, 0.6) is 0 Å². The van der Waals surface area contributed by atoms with Crippen LogP contribution in [0.1, 0.15) is 23.6 Å². The number of amides is 2. The van der Waals surface area contributed by atoms with Crippen molar-refractivity contribution in [3.05, 3.63) is 51.7 Å². The van der Waals surface area contributed by atoms with Crippen molar-refractivity contribution in [2.45, 2.75) is 38.1 Å². The molecule has 0 spiro atoms. The topological polar surface area (TPSA) is 69.7 Å². The Labute approximate surface area is 171 Å². The molecule has 28 heavy (non-hydrogen) atoms. The number of hydrogen-bond acceptors (Lipinski definition) is 4. The first-order chi connectivity index (χ1) is 13.3. The van der Waals surface area contributed by atoms with E-state index in [9.17, 15) is 13.2 Å². The number of urea groups is 1. The number of carbonyl (C=O) groups is 1. The van der Waals surface area contributed by atoms with Crippen LogP contribution in [0.25, 0.3) is 0 Å². The fourth-order valence-corrected chi connectivity index (χ4v) is 5.78. The molecule has 0 bridgehead atoms. The van der Waals surface area contributed by atoms with Gasteiger partial charge in [0.05, 0.1) is 4.90 Å². The maximum absolute atomic E-state index is 13.0. The van der Waals surface area contributed by atoms with Crippen molar-refractivity contribution < 1.29 is 13.2 Å². The lowest BCUT2D eigenvalue weighted by Crippen LogP contribution is -2.54. The van der Waals surface area contributed by atoms with Crippen molar-refractivity contribution in [1.29, 1.82) is 0 Å². The summed E-state index contributed by atoms with van der Waals surface area (Å²) in [7, 11) is -3.54. The van der Waals surface area contributed by atoms with Gasteiger partial charge < -0.3 is 10.2 Å². The number of benzene rings is 1. The minimum absolute atomic E-state index is 0.0269. The zero-order valence-electron chi connectivity index (χ0n) is 16.5. The highest BCUT2D eigenvalue weighted by atomic mass is 32.2.